The van der Waals surface area contributed by atoms with Crippen LogP contribution in [-0.4, -0.2) is 35.5 Å². The number of rotatable bonds is 10. The molecule has 2 N–H and O–H groups in total. The highest BCUT2D eigenvalue weighted by Gasteiger charge is 2.20. The third-order valence-corrected chi connectivity index (χ3v) is 8.58. The highest BCUT2D eigenvalue weighted by atomic mass is 32.2. The number of nitrogens with one attached hydrogen (secondary N) is 2. The lowest BCUT2D eigenvalue weighted by molar-refractivity contribution is -0.116. The Hall–Kier alpha value is -3.37. The van der Waals surface area contributed by atoms with Gasteiger partial charge in [0.05, 0.1) is 16.8 Å². The van der Waals surface area contributed by atoms with Gasteiger partial charge in [-0.1, -0.05) is 18.2 Å². The zero-order valence-electron chi connectivity index (χ0n) is 21.7. The molecule has 0 heterocycles. The maximum absolute atomic E-state index is 12.7. The third kappa shape index (κ3) is 7.56. The fourth-order valence-corrected chi connectivity index (χ4v) is 5.86. The van der Waals surface area contributed by atoms with Crippen LogP contribution in [0.25, 0.3) is 0 Å². The van der Waals surface area contributed by atoms with E-state index in [9.17, 15) is 21.6 Å². The molecule has 0 spiro atoms. The number of sulfonamides is 2. The largest absolute Gasteiger partial charge is 0.326 e. The summed E-state index contributed by atoms with van der Waals surface area (Å²) in [5.41, 5.74) is 5.36. The average molecular weight is 544 g/mol. The number of carbonyl (C=O) groups is 1. The van der Waals surface area contributed by atoms with E-state index in [1.807, 2.05) is 52.0 Å². The molecule has 37 heavy (non-hydrogen) atoms. The number of hydrogen-bond donors (Lipinski definition) is 2. The van der Waals surface area contributed by atoms with E-state index in [-0.39, 0.29) is 23.8 Å². The Kier molecular flexibility index (Phi) is 8.65. The number of aryl methyl sites for hydroxylation is 4. The zero-order chi connectivity index (χ0) is 27.4. The molecule has 1 amide bonds. The van der Waals surface area contributed by atoms with Crippen LogP contribution in [0.2, 0.25) is 0 Å². The standard InChI is InChI=1S/C27H33N3O5S2/c1-19-8-9-21(3)26(17-19)30(36(5,32)33)16-6-7-27(31)28-23-12-14-25(15-13-23)37(34,35)29-24-11-10-20(2)22(4)18-24/h8-15,17-18,29H,6-7,16H2,1-5H3,(H,28,31). The fourth-order valence-electron chi connectivity index (χ4n) is 3.80. The molecular formula is C27H33N3O5S2. The molecule has 0 aliphatic rings. The number of anilines is 3. The number of benzene rings is 3. The number of carbonyl (C=O) groups excluding carboxylic acids is 1. The van der Waals surface area contributed by atoms with Crippen molar-refractivity contribution < 1.29 is 21.6 Å². The van der Waals surface area contributed by atoms with E-state index >= 15 is 0 Å². The van der Waals surface area contributed by atoms with Crippen molar-refractivity contribution in [3.05, 3.63) is 82.9 Å². The topological polar surface area (TPSA) is 113 Å². The molecule has 8 nitrogen and oxygen atoms in total. The second kappa shape index (κ2) is 11.4. The molecular weight excluding hydrogens is 510 g/mol. The first-order chi connectivity index (χ1) is 17.3. The SMILES string of the molecule is Cc1ccc(C)c(N(CCCC(=O)Nc2ccc(S(=O)(=O)Nc3ccc(C)c(C)c3)cc2)S(C)(=O)=O)c1. The monoisotopic (exact) mass is 543 g/mol. The molecule has 0 saturated heterocycles. The molecule has 3 rings (SSSR count). The predicted octanol–water partition coefficient (Wildman–Crippen LogP) is 4.91. The normalized spacial score (nSPS) is 11.7. The molecule has 0 unspecified atom stereocenters. The summed E-state index contributed by atoms with van der Waals surface area (Å²) in [4.78, 5) is 12.5. The number of hydrogen-bond acceptors (Lipinski definition) is 5. The van der Waals surface area contributed by atoms with Gasteiger partial charge in [0.15, 0.2) is 0 Å². The summed E-state index contributed by atoms with van der Waals surface area (Å²) < 4.78 is 54.1. The zero-order valence-corrected chi connectivity index (χ0v) is 23.3. The van der Waals surface area contributed by atoms with Crippen LogP contribution in [0.1, 0.15) is 35.1 Å². The highest BCUT2D eigenvalue weighted by Crippen LogP contribution is 2.25. The number of amides is 1. The molecule has 0 fully saturated rings. The van der Waals surface area contributed by atoms with Crippen LogP contribution in [0.3, 0.4) is 0 Å². The third-order valence-electron chi connectivity index (χ3n) is 6.01. The minimum Gasteiger partial charge on any atom is -0.326 e. The van der Waals surface area contributed by atoms with Crippen molar-refractivity contribution in [1.29, 1.82) is 0 Å². The first-order valence-corrected chi connectivity index (χ1v) is 15.1. The second-order valence-electron chi connectivity index (χ2n) is 9.21. The van der Waals surface area contributed by atoms with E-state index < -0.39 is 20.0 Å². The molecule has 0 radical (unpaired) electrons. The molecule has 3 aromatic carbocycles. The lowest BCUT2D eigenvalue weighted by Crippen LogP contribution is -2.32. The summed E-state index contributed by atoms with van der Waals surface area (Å²) in [5.74, 6) is -0.293. The summed E-state index contributed by atoms with van der Waals surface area (Å²) in [5, 5.41) is 2.73. The Morgan fingerprint density at radius 2 is 1.41 bits per heavy atom. The molecule has 0 aliphatic carbocycles. The van der Waals surface area contributed by atoms with Crippen molar-refractivity contribution in [3.8, 4) is 0 Å². The molecule has 0 atom stereocenters. The molecule has 3 aromatic rings. The fraction of sp³-hybridized carbons (Fsp3) is 0.296. The van der Waals surface area contributed by atoms with E-state index in [1.165, 1.54) is 28.6 Å². The first kappa shape index (κ1) is 28.2. The Balaban J connectivity index is 1.60. The van der Waals surface area contributed by atoms with Crippen LogP contribution in [0, 0.1) is 27.7 Å². The van der Waals surface area contributed by atoms with Gasteiger partial charge in [-0.3, -0.25) is 13.8 Å². The molecule has 0 bridgehead atoms. The van der Waals surface area contributed by atoms with Gasteiger partial charge in [-0.15, -0.1) is 0 Å². The van der Waals surface area contributed by atoms with Crippen molar-refractivity contribution >= 4 is 43.0 Å². The predicted molar refractivity (Wildman–Crippen MR) is 149 cm³/mol. The van der Waals surface area contributed by atoms with Crippen molar-refractivity contribution in [2.24, 2.45) is 0 Å². The Morgan fingerprint density at radius 3 is 2.03 bits per heavy atom. The van der Waals surface area contributed by atoms with Crippen LogP contribution >= 0.6 is 0 Å². The number of nitrogens with zero attached hydrogens (tertiary/aromatic N) is 1. The van der Waals surface area contributed by atoms with Gasteiger partial charge < -0.3 is 5.32 Å². The van der Waals surface area contributed by atoms with Gasteiger partial charge >= 0.3 is 0 Å². The van der Waals surface area contributed by atoms with Crippen LogP contribution in [-0.2, 0) is 24.8 Å². The molecule has 0 aliphatic heterocycles. The Bertz CT molecular complexity index is 1500. The van der Waals surface area contributed by atoms with Gasteiger partial charge in [0, 0.05) is 24.3 Å². The van der Waals surface area contributed by atoms with Gasteiger partial charge in [-0.2, -0.15) is 0 Å². The van der Waals surface area contributed by atoms with E-state index in [1.54, 1.807) is 12.1 Å². The smallest absolute Gasteiger partial charge is 0.261 e. The van der Waals surface area contributed by atoms with Crippen LogP contribution in [0.4, 0.5) is 17.1 Å². The summed E-state index contributed by atoms with van der Waals surface area (Å²) in [6.07, 6.45) is 1.57. The Labute approximate surface area is 219 Å². The van der Waals surface area contributed by atoms with E-state index in [0.717, 1.165) is 28.5 Å². The van der Waals surface area contributed by atoms with Crippen molar-refractivity contribution in [1.82, 2.24) is 0 Å². The van der Waals surface area contributed by atoms with Crippen LogP contribution in [0.15, 0.2) is 65.6 Å². The highest BCUT2D eigenvalue weighted by molar-refractivity contribution is 7.92. The van der Waals surface area contributed by atoms with E-state index in [4.69, 9.17) is 0 Å². The minimum absolute atomic E-state index is 0.0704. The Morgan fingerprint density at radius 1 is 0.784 bits per heavy atom. The van der Waals surface area contributed by atoms with Crippen LogP contribution in [0.5, 0.6) is 0 Å². The van der Waals surface area contributed by atoms with Gasteiger partial charge in [0.25, 0.3) is 10.0 Å². The maximum atomic E-state index is 12.7. The van der Waals surface area contributed by atoms with Gasteiger partial charge in [0.1, 0.15) is 0 Å². The van der Waals surface area contributed by atoms with Gasteiger partial charge in [-0.05, 0) is 98.8 Å². The van der Waals surface area contributed by atoms with Crippen molar-refractivity contribution in [2.75, 3.05) is 27.1 Å². The second-order valence-corrected chi connectivity index (χ2v) is 12.8. The molecule has 0 aromatic heterocycles. The van der Waals surface area contributed by atoms with E-state index in [2.05, 4.69) is 10.0 Å². The lowest BCUT2D eigenvalue weighted by atomic mass is 10.1. The first-order valence-electron chi connectivity index (χ1n) is 11.8. The minimum atomic E-state index is -3.78. The molecule has 198 valence electrons. The molecule has 0 saturated carbocycles. The summed E-state index contributed by atoms with van der Waals surface area (Å²) in [6, 6.07) is 16.8. The van der Waals surface area contributed by atoms with Gasteiger partial charge in [0.2, 0.25) is 15.9 Å². The summed E-state index contributed by atoms with van der Waals surface area (Å²) in [6.45, 7) is 7.77. The van der Waals surface area contributed by atoms with Crippen molar-refractivity contribution in [3.63, 3.8) is 0 Å². The lowest BCUT2D eigenvalue weighted by Gasteiger charge is -2.24. The van der Waals surface area contributed by atoms with Crippen molar-refractivity contribution in [2.45, 2.75) is 45.4 Å². The maximum Gasteiger partial charge on any atom is 0.261 e. The quantitative estimate of drug-likeness (QED) is 0.377. The summed E-state index contributed by atoms with van der Waals surface area (Å²) >= 11 is 0. The van der Waals surface area contributed by atoms with E-state index in [0.29, 0.717) is 23.5 Å². The molecule has 10 heteroatoms. The average Bonchev–Trinajstić information content (AvgIpc) is 2.80. The van der Waals surface area contributed by atoms with Gasteiger partial charge in [-0.25, -0.2) is 16.8 Å². The van der Waals surface area contributed by atoms with Crippen LogP contribution < -0.4 is 14.3 Å². The summed E-state index contributed by atoms with van der Waals surface area (Å²) in [7, 11) is -7.31.